The van der Waals surface area contributed by atoms with Gasteiger partial charge in [-0.25, -0.2) is 8.42 Å². The highest BCUT2D eigenvalue weighted by atomic mass is 35.5. The van der Waals surface area contributed by atoms with Crippen molar-refractivity contribution in [2.24, 2.45) is 0 Å². The molecule has 5 nitrogen and oxygen atoms in total. The molecule has 1 unspecified atom stereocenters. The van der Waals surface area contributed by atoms with E-state index in [1.54, 1.807) is 28.6 Å². The molecule has 0 spiro atoms. The largest absolute Gasteiger partial charge is 0.318 e. The van der Waals surface area contributed by atoms with Gasteiger partial charge in [-0.05, 0) is 37.6 Å². The molecule has 0 amide bonds. The summed E-state index contributed by atoms with van der Waals surface area (Å²) in [4.78, 5) is 0. The Morgan fingerprint density at radius 1 is 1.48 bits per heavy atom. The molecule has 1 N–H and O–H groups in total. The maximum absolute atomic E-state index is 12.5. The van der Waals surface area contributed by atoms with Crippen LogP contribution in [-0.2, 0) is 15.8 Å². The number of rotatable bonds is 5. The lowest BCUT2D eigenvalue weighted by Crippen LogP contribution is -2.41. The first-order valence-corrected chi connectivity index (χ1v) is 8.31. The molecule has 1 aromatic rings. The molecule has 0 aliphatic carbocycles. The third-order valence-corrected chi connectivity index (χ3v) is 5.42. The van der Waals surface area contributed by atoms with Gasteiger partial charge in [0.1, 0.15) is 0 Å². The lowest BCUT2D eigenvalue weighted by Gasteiger charge is -2.23. The molecule has 1 fully saturated rings. The van der Waals surface area contributed by atoms with Crippen molar-refractivity contribution in [3.63, 3.8) is 0 Å². The van der Waals surface area contributed by atoms with Crippen molar-refractivity contribution in [3.05, 3.63) is 35.4 Å². The van der Waals surface area contributed by atoms with E-state index in [4.69, 9.17) is 5.26 Å². The average Bonchev–Trinajstić information content (AvgIpc) is 2.88. The number of halogens is 1. The van der Waals surface area contributed by atoms with Crippen LogP contribution in [0, 0.1) is 11.3 Å². The Kier molecular flexibility index (Phi) is 6.62. The summed E-state index contributed by atoms with van der Waals surface area (Å²) in [5.41, 5.74) is 1.16. The Labute approximate surface area is 132 Å². The average molecular weight is 330 g/mol. The van der Waals surface area contributed by atoms with Crippen LogP contribution in [0.15, 0.2) is 24.3 Å². The minimum Gasteiger partial charge on any atom is -0.318 e. The number of sulfonamides is 1. The fourth-order valence-corrected chi connectivity index (χ4v) is 4.45. The zero-order valence-electron chi connectivity index (χ0n) is 11.9. The number of nitrogens with zero attached hydrogens (tertiary/aromatic N) is 2. The van der Waals surface area contributed by atoms with Crippen LogP contribution in [0.5, 0.6) is 0 Å². The normalized spacial score (nSPS) is 19.0. The molecule has 1 aliphatic heterocycles. The van der Waals surface area contributed by atoms with Crippen LogP contribution in [0.2, 0.25) is 0 Å². The fourth-order valence-electron chi connectivity index (χ4n) is 2.64. The van der Waals surface area contributed by atoms with Crippen molar-refractivity contribution in [2.75, 3.05) is 20.1 Å². The zero-order chi connectivity index (χ0) is 14.6. The van der Waals surface area contributed by atoms with Gasteiger partial charge in [0.2, 0.25) is 10.0 Å². The number of hydrogen-bond acceptors (Lipinski definition) is 4. The molecular weight excluding hydrogens is 310 g/mol. The molecule has 2 rings (SSSR count). The van der Waals surface area contributed by atoms with Gasteiger partial charge in [0.25, 0.3) is 0 Å². The summed E-state index contributed by atoms with van der Waals surface area (Å²) >= 11 is 0. The monoisotopic (exact) mass is 329 g/mol. The highest BCUT2D eigenvalue weighted by Crippen LogP contribution is 2.23. The second-order valence-electron chi connectivity index (χ2n) is 5.03. The van der Waals surface area contributed by atoms with E-state index in [-0.39, 0.29) is 24.2 Å². The Hall–Kier alpha value is -1.13. The van der Waals surface area contributed by atoms with Crippen LogP contribution in [0.4, 0.5) is 0 Å². The quantitative estimate of drug-likeness (QED) is 0.888. The van der Waals surface area contributed by atoms with Crippen molar-refractivity contribution in [1.82, 2.24) is 9.62 Å². The van der Waals surface area contributed by atoms with Gasteiger partial charge in [-0.1, -0.05) is 12.1 Å². The van der Waals surface area contributed by atoms with E-state index in [0.29, 0.717) is 24.2 Å². The fraction of sp³-hybridized carbons (Fsp3) is 0.500. The molecular formula is C14H20ClN3O2S. The van der Waals surface area contributed by atoms with Gasteiger partial charge in [-0.2, -0.15) is 9.57 Å². The summed E-state index contributed by atoms with van der Waals surface area (Å²) in [7, 11) is -1.49. The topological polar surface area (TPSA) is 73.2 Å². The number of nitriles is 1. The van der Waals surface area contributed by atoms with Crippen LogP contribution < -0.4 is 5.32 Å². The molecule has 0 bridgehead atoms. The van der Waals surface area contributed by atoms with Gasteiger partial charge < -0.3 is 5.32 Å². The van der Waals surface area contributed by atoms with Crippen molar-refractivity contribution >= 4 is 22.4 Å². The minimum absolute atomic E-state index is 0. The number of nitrogens with one attached hydrogen (secondary N) is 1. The third-order valence-electron chi connectivity index (χ3n) is 3.53. The standard InChI is InChI=1S/C14H19N3O2S.ClH/c1-16-10-14-6-3-7-17(14)20(18,19)11-13-5-2-4-12(8-13)9-15;/h2,4-5,8,14,16H,3,6-7,10-11H2,1H3;1H. The van der Waals surface area contributed by atoms with Gasteiger partial charge in [0, 0.05) is 19.1 Å². The first-order valence-electron chi connectivity index (χ1n) is 6.70. The van der Waals surface area contributed by atoms with Crippen LogP contribution in [0.3, 0.4) is 0 Å². The van der Waals surface area contributed by atoms with Crippen molar-refractivity contribution in [1.29, 1.82) is 5.26 Å². The third kappa shape index (κ3) is 4.42. The zero-order valence-corrected chi connectivity index (χ0v) is 13.6. The second-order valence-corrected chi connectivity index (χ2v) is 6.95. The van der Waals surface area contributed by atoms with E-state index in [1.165, 1.54) is 0 Å². The molecule has 1 aliphatic rings. The maximum atomic E-state index is 12.5. The van der Waals surface area contributed by atoms with Gasteiger partial charge in [0.15, 0.2) is 0 Å². The van der Waals surface area contributed by atoms with Gasteiger partial charge in [-0.15, -0.1) is 12.4 Å². The van der Waals surface area contributed by atoms with Crippen LogP contribution in [-0.4, -0.2) is 38.9 Å². The molecule has 21 heavy (non-hydrogen) atoms. The SMILES string of the molecule is CNCC1CCCN1S(=O)(=O)Cc1cccc(C#N)c1.Cl. The van der Waals surface area contributed by atoms with Crippen LogP contribution in [0.25, 0.3) is 0 Å². The van der Waals surface area contributed by atoms with Crippen molar-refractivity contribution in [2.45, 2.75) is 24.6 Å². The van der Waals surface area contributed by atoms with E-state index < -0.39 is 10.0 Å². The Bertz CT molecular complexity index is 613. The molecule has 1 heterocycles. The Morgan fingerprint density at radius 2 is 2.24 bits per heavy atom. The summed E-state index contributed by atoms with van der Waals surface area (Å²) in [6.07, 6.45) is 1.81. The smallest absolute Gasteiger partial charge is 0.218 e. The first-order chi connectivity index (χ1) is 9.56. The number of hydrogen-bond donors (Lipinski definition) is 1. The van der Waals surface area contributed by atoms with E-state index in [0.717, 1.165) is 12.8 Å². The summed E-state index contributed by atoms with van der Waals surface area (Å²) in [6.45, 7) is 1.27. The molecule has 0 aromatic heterocycles. The van der Waals surface area contributed by atoms with Gasteiger partial charge >= 0.3 is 0 Å². The first kappa shape index (κ1) is 17.9. The molecule has 116 valence electrons. The van der Waals surface area contributed by atoms with E-state index >= 15 is 0 Å². The maximum Gasteiger partial charge on any atom is 0.218 e. The summed E-state index contributed by atoms with van der Waals surface area (Å²) in [5.74, 6) is -0.0390. The second kappa shape index (κ2) is 7.76. The molecule has 1 aromatic carbocycles. The van der Waals surface area contributed by atoms with E-state index in [1.807, 2.05) is 13.1 Å². The molecule has 0 radical (unpaired) electrons. The lowest BCUT2D eigenvalue weighted by molar-refractivity contribution is 0.378. The molecule has 1 saturated heterocycles. The van der Waals surface area contributed by atoms with E-state index in [2.05, 4.69) is 5.32 Å². The van der Waals surface area contributed by atoms with Gasteiger partial charge in [-0.3, -0.25) is 0 Å². The molecule has 0 saturated carbocycles. The van der Waals surface area contributed by atoms with Crippen molar-refractivity contribution in [3.8, 4) is 6.07 Å². The highest BCUT2D eigenvalue weighted by Gasteiger charge is 2.33. The van der Waals surface area contributed by atoms with Crippen LogP contribution in [0.1, 0.15) is 24.0 Å². The lowest BCUT2D eigenvalue weighted by atomic mass is 10.2. The summed E-state index contributed by atoms with van der Waals surface area (Å²) in [6, 6.07) is 8.87. The predicted molar refractivity (Wildman–Crippen MR) is 84.7 cm³/mol. The molecule has 7 heteroatoms. The van der Waals surface area contributed by atoms with Gasteiger partial charge in [0.05, 0.1) is 17.4 Å². The van der Waals surface area contributed by atoms with Crippen molar-refractivity contribution < 1.29 is 8.42 Å². The highest BCUT2D eigenvalue weighted by molar-refractivity contribution is 7.88. The Morgan fingerprint density at radius 3 is 2.90 bits per heavy atom. The number of benzene rings is 1. The molecule has 1 atom stereocenters. The summed E-state index contributed by atoms with van der Waals surface area (Å²) < 4.78 is 26.6. The van der Waals surface area contributed by atoms with E-state index in [9.17, 15) is 8.42 Å². The van der Waals surface area contributed by atoms with Crippen LogP contribution >= 0.6 is 12.4 Å². The Balaban J connectivity index is 0.00000220. The number of likely N-dealkylation sites (N-methyl/N-ethyl adjacent to an activating group) is 1. The summed E-state index contributed by atoms with van der Waals surface area (Å²) in [5, 5.41) is 11.9. The predicted octanol–water partition coefficient (Wildman–Crippen LogP) is 1.49. The minimum atomic E-state index is -3.33.